The molecule has 0 aliphatic rings. The van der Waals surface area contributed by atoms with Crippen LogP contribution in [0.4, 0.5) is 0 Å². The number of rotatable bonds is 9. The maximum atomic E-state index is 5.51. The molecule has 0 aromatic rings. The minimum absolute atomic E-state index is 0.363. The molecule has 16 heavy (non-hydrogen) atoms. The van der Waals surface area contributed by atoms with Gasteiger partial charge in [0.2, 0.25) is 0 Å². The van der Waals surface area contributed by atoms with E-state index in [1.54, 1.807) is 42.1 Å². The van der Waals surface area contributed by atoms with E-state index in [0.717, 1.165) is 0 Å². The molecule has 0 aliphatic heterocycles. The molecule has 0 radical (unpaired) electrons. The van der Waals surface area contributed by atoms with Crippen molar-refractivity contribution in [3.8, 4) is 0 Å². The molecular weight excluding hydrogens is 274 g/mol. The predicted octanol–water partition coefficient (Wildman–Crippen LogP) is 0.998. The van der Waals surface area contributed by atoms with Gasteiger partial charge in [-0.1, -0.05) is 0 Å². The molecule has 0 rings (SSSR count). The van der Waals surface area contributed by atoms with E-state index in [0.29, 0.717) is 0 Å². The third-order valence-corrected chi connectivity index (χ3v) is 5.72. The topological polar surface area (TPSA) is 55.4 Å². The average molecular weight is 295 g/mol. The van der Waals surface area contributed by atoms with Gasteiger partial charge in [0.25, 0.3) is 0 Å². The van der Waals surface area contributed by atoms with Crippen LogP contribution >= 0.6 is 0 Å². The quantitative estimate of drug-likeness (QED) is 0.467. The number of ether oxygens (including phenoxy) is 3. The molecule has 3 atom stereocenters. The second-order valence-corrected chi connectivity index (χ2v) is 6.03. The molecule has 7 heteroatoms. The zero-order valence-electron chi connectivity index (χ0n) is 10.8. The summed E-state index contributed by atoms with van der Waals surface area (Å²) in [6.45, 7) is 5.33. The van der Waals surface area contributed by atoms with Crippen molar-refractivity contribution >= 4 is 17.3 Å². The number of hydrogen-bond acceptors (Lipinski definition) is 6. The molecule has 0 aliphatic carbocycles. The van der Waals surface area contributed by atoms with Crippen LogP contribution in [0.2, 0.25) is 0 Å². The van der Waals surface area contributed by atoms with Crippen LogP contribution in [0.15, 0.2) is 0 Å². The van der Waals surface area contributed by atoms with E-state index in [1.165, 1.54) is 0 Å². The fourth-order valence-electron chi connectivity index (χ4n) is 0.732. The van der Waals surface area contributed by atoms with Crippen LogP contribution in [0.25, 0.3) is 0 Å². The Morgan fingerprint density at radius 2 is 0.875 bits per heavy atom. The van der Waals surface area contributed by atoms with E-state index < -0.39 is 17.3 Å². The summed E-state index contributed by atoms with van der Waals surface area (Å²) in [5.41, 5.74) is 0. The Morgan fingerprint density at radius 1 is 0.625 bits per heavy atom. The van der Waals surface area contributed by atoms with Gasteiger partial charge < -0.3 is 0 Å². The molecule has 0 amide bonds. The van der Waals surface area contributed by atoms with Gasteiger partial charge in [0.1, 0.15) is 0 Å². The molecule has 3 unspecified atom stereocenters. The Bertz CT molecular complexity index is 142. The van der Waals surface area contributed by atoms with Crippen molar-refractivity contribution in [3.05, 3.63) is 0 Å². The molecule has 0 aromatic heterocycles. The first-order valence-electron chi connectivity index (χ1n) is 5.08. The van der Waals surface area contributed by atoms with Crippen LogP contribution < -0.4 is 0 Å². The van der Waals surface area contributed by atoms with E-state index in [4.69, 9.17) is 24.8 Å². The summed E-state index contributed by atoms with van der Waals surface area (Å²) in [4.78, 5) is 0. The standard InChI is InChI=1S/3C3H7O2.Ga/c3*1-3(4)5-2;/h3*3H,1-2H3;/q3*-1;+3. The van der Waals surface area contributed by atoms with Gasteiger partial charge in [-0.2, -0.15) is 0 Å². The molecule has 0 saturated heterocycles. The van der Waals surface area contributed by atoms with Crippen LogP contribution in [-0.2, 0) is 24.8 Å². The van der Waals surface area contributed by atoms with Crippen LogP contribution in [0.3, 0.4) is 0 Å². The summed E-state index contributed by atoms with van der Waals surface area (Å²) < 4.78 is 31.5. The van der Waals surface area contributed by atoms with Crippen molar-refractivity contribution in [1.29, 1.82) is 0 Å². The van der Waals surface area contributed by atoms with Gasteiger partial charge in [0.05, 0.1) is 0 Å². The van der Waals surface area contributed by atoms with Crippen molar-refractivity contribution in [2.45, 2.75) is 39.6 Å². The zero-order chi connectivity index (χ0) is 12.6. The number of hydrogen-bond donors (Lipinski definition) is 0. The van der Waals surface area contributed by atoms with E-state index in [1.807, 2.05) is 0 Å². The fourth-order valence-corrected chi connectivity index (χ4v) is 3.81. The van der Waals surface area contributed by atoms with Crippen molar-refractivity contribution in [2.75, 3.05) is 21.3 Å². The first-order valence-corrected chi connectivity index (χ1v) is 8.05. The molecule has 0 saturated carbocycles. The maximum absolute atomic E-state index is 5.51. The van der Waals surface area contributed by atoms with Crippen LogP contribution in [0.5, 0.6) is 0 Å². The minimum atomic E-state index is -2.84. The molecule has 0 aromatic carbocycles. The molecule has 0 N–H and O–H groups in total. The van der Waals surface area contributed by atoms with Crippen LogP contribution in [0, 0.1) is 0 Å². The van der Waals surface area contributed by atoms with E-state index in [-0.39, 0.29) is 18.9 Å². The van der Waals surface area contributed by atoms with Crippen molar-refractivity contribution in [2.24, 2.45) is 0 Å². The van der Waals surface area contributed by atoms with Gasteiger partial charge in [-0.3, -0.25) is 0 Å². The first kappa shape index (κ1) is 16.4. The second kappa shape index (κ2) is 9.43. The average Bonchev–Trinajstić information content (AvgIpc) is 2.28. The Kier molecular flexibility index (Phi) is 9.66. The van der Waals surface area contributed by atoms with Crippen LogP contribution in [-0.4, -0.2) is 57.5 Å². The molecule has 0 bridgehead atoms. The molecule has 0 spiro atoms. The van der Waals surface area contributed by atoms with Gasteiger partial charge in [0, 0.05) is 0 Å². The Morgan fingerprint density at radius 3 is 1.06 bits per heavy atom. The predicted molar refractivity (Wildman–Crippen MR) is 58.4 cm³/mol. The third kappa shape index (κ3) is 7.63. The van der Waals surface area contributed by atoms with E-state index in [2.05, 4.69) is 0 Å². The third-order valence-electron chi connectivity index (χ3n) is 1.90. The van der Waals surface area contributed by atoms with Crippen LogP contribution in [0.1, 0.15) is 20.8 Å². The van der Waals surface area contributed by atoms with Gasteiger partial charge >= 0.3 is 103 Å². The van der Waals surface area contributed by atoms with Crippen molar-refractivity contribution in [1.82, 2.24) is 0 Å². The van der Waals surface area contributed by atoms with Gasteiger partial charge in [-0.05, 0) is 0 Å². The zero-order valence-corrected chi connectivity index (χ0v) is 13.2. The Labute approximate surface area is 103 Å². The number of methoxy groups -OCH3 is 3. The molecule has 6 nitrogen and oxygen atoms in total. The van der Waals surface area contributed by atoms with Gasteiger partial charge in [-0.25, -0.2) is 0 Å². The fraction of sp³-hybridized carbons (Fsp3) is 1.00. The molecule has 96 valence electrons. The monoisotopic (exact) mass is 294 g/mol. The van der Waals surface area contributed by atoms with E-state index >= 15 is 0 Å². The summed E-state index contributed by atoms with van der Waals surface area (Å²) in [6.07, 6.45) is -1.09. The summed E-state index contributed by atoms with van der Waals surface area (Å²) in [6, 6.07) is 0. The molecular formula is C9H21GaO6. The Balaban J connectivity index is 4.15. The van der Waals surface area contributed by atoms with Crippen molar-refractivity contribution < 1.29 is 24.8 Å². The normalized spacial score (nSPS) is 16.9. The summed E-state index contributed by atoms with van der Waals surface area (Å²) in [5.74, 6) is 0. The van der Waals surface area contributed by atoms with Gasteiger partial charge in [0.15, 0.2) is 0 Å². The molecule has 0 fully saturated rings. The SMILES string of the molecule is COC(C)[O][Ga]([O]C(C)OC)[O]C(C)OC. The molecule has 0 heterocycles. The van der Waals surface area contributed by atoms with Gasteiger partial charge in [-0.15, -0.1) is 0 Å². The van der Waals surface area contributed by atoms with E-state index in [9.17, 15) is 0 Å². The second-order valence-electron chi connectivity index (χ2n) is 3.11. The Hall–Kier alpha value is 0.396. The summed E-state index contributed by atoms with van der Waals surface area (Å²) in [5, 5.41) is 0. The first-order chi connectivity index (χ1) is 7.53. The van der Waals surface area contributed by atoms with Crippen molar-refractivity contribution in [3.63, 3.8) is 0 Å². The summed E-state index contributed by atoms with van der Waals surface area (Å²) in [7, 11) is 4.68. The summed E-state index contributed by atoms with van der Waals surface area (Å²) >= 11 is -2.84.